The lowest BCUT2D eigenvalue weighted by molar-refractivity contribution is -0.155. The number of hydrogen-bond acceptors (Lipinski definition) is 3. The second kappa shape index (κ2) is 3.02. The van der Waals surface area contributed by atoms with Gasteiger partial charge in [-0.25, -0.2) is 0 Å². The Labute approximate surface area is 105 Å². The van der Waals surface area contributed by atoms with Crippen molar-refractivity contribution in [1.82, 2.24) is 0 Å². The van der Waals surface area contributed by atoms with Crippen LogP contribution < -0.4 is 0 Å². The molecule has 1 aromatic carbocycles. The maximum atomic E-state index is 12.2. The lowest BCUT2D eigenvalue weighted by Crippen LogP contribution is -2.45. The van der Waals surface area contributed by atoms with Crippen molar-refractivity contribution in [1.29, 1.82) is 5.26 Å². The number of rotatable bonds is 1. The van der Waals surface area contributed by atoms with Gasteiger partial charge in [-0.3, -0.25) is 4.79 Å². The largest absolute Gasteiger partial charge is 0.359 e. The molecule has 0 spiro atoms. The Balaban J connectivity index is 1.87. The van der Waals surface area contributed by atoms with Crippen LogP contribution >= 0.6 is 0 Å². The predicted octanol–water partition coefficient (Wildman–Crippen LogP) is 2.17. The van der Waals surface area contributed by atoms with E-state index in [-0.39, 0.29) is 17.5 Å². The first-order valence-corrected chi connectivity index (χ1v) is 6.39. The molecule has 0 radical (unpaired) electrons. The van der Waals surface area contributed by atoms with Crippen LogP contribution in [0.15, 0.2) is 30.3 Å². The number of benzene rings is 1. The molecule has 2 saturated heterocycles. The average molecular weight is 239 g/mol. The smallest absolute Gasteiger partial charge is 0.181 e. The molecule has 18 heavy (non-hydrogen) atoms. The van der Waals surface area contributed by atoms with Gasteiger partial charge in [0.05, 0.1) is 11.7 Å². The number of Topliss-reactive ketones (excluding diaryl/α,β-unsaturated/α-hetero) is 1. The van der Waals surface area contributed by atoms with E-state index in [1.54, 1.807) is 0 Å². The summed E-state index contributed by atoms with van der Waals surface area (Å²) in [5.41, 5.74) is -0.0285. The normalized spacial score (nSPS) is 44.3. The topological polar surface area (TPSA) is 50.1 Å². The lowest BCUT2D eigenvalue weighted by Gasteiger charge is -2.36. The SMILES string of the molecule is N#CC12CC3CC(OC3(c3ccccc3)C1)C2=O. The summed E-state index contributed by atoms with van der Waals surface area (Å²) in [5, 5.41) is 9.41. The standard InChI is InChI=1S/C15H13NO2/c16-9-14-7-11-6-12(13(14)17)18-15(11,8-14)10-4-2-1-3-5-10/h1-5,11-12H,6-8H2. The number of ether oxygens (including phenoxy) is 1. The lowest BCUT2D eigenvalue weighted by atomic mass is 9.74. The molecule has 5 rings (SSSR count). The summed E-state index contributed by atoms with van der Waals surface area (Å²) < 4.78 is 6.06. The van der Waals surface area contributed by atoms with E-state index < -0.39 is 5.41 Å². The van der Waals surface area contributed by atoms with Crippen LogP contribution in [0.1, 0.15) is 24.8 Å². The molecule has 0 N–H and O–H groups in total. The highest BCUT2D eigenvalue weighted by molar-refractivity contribution is 5.94. The molecular weight excluding hydrogens is 226 g/mol. The van der Waals surface area contributed by atoms with Gasteiger partial charge in [0, 0.05) is 6.42 Å². The minimum atomic E-state index is -0.776. The first kappa shape index (κ1) is 10.3. The second-order valence-electron chi connectivity index (χ2n) is 5.73. The Morgan fingerprint density at radius 2 is 2.11 bits per heavy atom. The highest BCUT2D eigenvalue weighted by atomic mass is 16.5. The van der Waals surface area contributed by atoms with E-state index >= 15 is 0 Å². The fourth-order valence-electron chi connectivity index (χ4n) is 4.15. The van der Waals surface area contributed by atoms with Crippen molar-refractivity contribution >= 4 is 5.78 Å². The van der Waals surface area contributed by atoms with Crippen LogP contribution in [0.3, 0.4) is 0 Å². The van der Waals surface area contributed by atoms with Crippen molar-refractivity contribution in [2.75, 3.05) is 0 Å². The predicted molar refractivity (Wildman–Crippen MR) is 63.4 cm³/mol. The van der Waals surface area contributed by atoms with Gasteiger partial charge in [0.1, 0.15) is 11.5 Å². The average Bonchev–Trinajstić information content (AvgIpc) is 2.86. The summed E-state index contributed by atoms with van der Waals surface area (Å²) >= 11 is 0. The first-order chi connectivity index (χ1) is 8.70. The van der Waals surface area contributed by atoms with Crippen LogP contribution in [-0.4, -0.2) is 11.9 Å². The number of carbonyl (C=O) groups is 1. The molecule has 90 valence electrons. The van der Waals surface area contributed by atoms with Crippen LogP contribution in [0.5, 0.6) is 0 Å². The van der Waals surface area contributed by atoms with Crippen LogP contribution in [0.4, 0.5) is 0 Å². The fourth-order valence-corrected chi connectivity index (χ4v) is 4.15. The maximum Gasteiger partial charge on any atom is 0.181 e. The molecular formula is C15H13NO2. The third kappa shape index (κ3) is 0.968. The molecule has 4 fully saturated rings. The third-order valence-electron chi connectivity index (χ3n) is 4.91. The Morgan fingerprint density at radius 3 is 2.83 bits per heavy atom. The molecule has 4 bridgehead atoms. The van der Waals surface area contributed by atoms with E-state index in [0.29, 0.717) is 18.8 Å². The van der Waals surface area contributed by atoms with Gasteiger partial charge in [-0.2, -0.15) is 5.26 Å². The van der Waals surface area contributed by atoms with Crippen LogP contribution in [0.25, 0.3) is 0 Å². The van der Waals surface area contributed by atoms with Crippen molar-refractivity contribution in [3.8, 4) is 6.07 Å². The molecule has 2 aliphatic carbocycles. The monoisotopic (exact) mass is 239 g/mol. The highest BCUT2D eigenvalue weighted by Gasteiger charge is 2.70. The van der Waals surface area contributed by atoms with Gasteiger partial charge in [0.2, 0.25) is 0 Å². The first-order valence-electron chi connectivity index (χ1n) is 6.39. The molecule has 2 saturated carbocycles. The van der Waals surface area contributed by atoms with Crippen molar-refractivity contribution in [3.05, 3.63) is 35.9 Å². The molecule has 3 heteroatoms. The zero-order valence-corrected chi connectivity index (χ0v) is 9.93. The summed E-state index contributed by atoms with van der Waals surface area (Å²) in [6.45, 7) is 0. The minimum absolute atomic E-state index is 0.0188. The Kier molecular flexibility index (Phi) is 1.72. The zero-order chi connectivity index (χ0) is 12.4. The molecule has 2 heterocycles. The van der Waals surface area contributed by atoms with Gasteiger partial charge in [-0.1, -0.05) is 30.3 Å². The summed E-state index contributed by atoms with van der Waals surface area (Å²) in [6, 6.07) is 12.4. The van der Waals surface area contributed by atoms with E-state index in [0.717, 1.165) is 12.0 Å². The van der Waals surface area contributed by atoms with E-state index in [1.807, 2.05) is 18.2 Å². The molecule has 3 nitrogen and oxygen atoms in total. The van der Waals surface area contributed by atoms with Gasteiger partial charge in [-0.05, 0) is 24.3 Å². The van der Waals surface area contributed by atoms with Gasteiger partial charge >= 0.3 is 0 Å². The van der Waals surface area contributed by atoms with Gasteiger partial charge in [0.25, 0.3) is 0 Å². The molecule has 0 aromatic heterocycles. The zero-order valence-electron chi connectivity index (χ0n) is 9.93. The molecule has 1 aromatic rings. The van der Waals surface area contributed by atoms with Gasteiger partial charge in [0.15, 0.2) is 5.78 Å². The Hall–Kier alpha value is -1.66. The fraction of sp³-hybridized carbons (Fsp3) is 0.467. The van der Waals surface area contributed by atoms with Crippen molar-refractivity contribution < 1.29 is 9.53 Å². The van der Waals surface area contributed by atoms with Crippen LogP contribution in [0.2, 0.25) is 0 Å². The van der Waals surface area contributed by atoms with Crippen molar-refractivity contribution in [3.63, 3.8) is 0 Å². The van der Waals surface area contributed by atoms with E-state index in [2.05, 4.69) is 18.2 Å². The van der Waals surface area contributed by atoms with Crippen molar-refractivity contribution in [2.24, 2.45) is 11.3 Å². The number of carbonyl (C=O) groups excluding carboxylic acids is 1. The van der Waals surface area contributed by atoms with E-state index in [9.17, 15) is 10.1 Å². The van der Waals surface area contributed by atoms with Crippen molar-refractivity contribution in [2.45, 2.75) is 31.0 Å². The Morgan fingerprint density at radius 1 is 1.33 bits per heavy atom. The van der Waals surface area contributed by atoms with E-state index in [4.69, 9.17) is 4.74 Å². The number of hydrogen-bond donors (Lipinski definition) is 0. The quantitative estimate of drug-likeness (QED) is 0.754. The van der Waals surface area contributed by atoms with Crippen LogP contribution in [-0.2, 0) is 15.1 Å². The highest BCUT2D eigenvalue weighted by Crippen LogP contribution is 2.65. The summed E-state index contributed by atoms with van der Waals surface area (Å²) in [5.74, 6) is 0.340. The van der Waals surface area contributed by atoms with E-state index in [1.165, 1.54) is 0 Å². The minimum Gasteiger partial charge on any atom is -0.359 e. The molecule has 2 aliphatic heterocycles. The number of nitriles is 1. The Bertz CT molecular complexity index is 576. The molecule has 4 atom stereocenters. The second-order valence-corrected chi connectivity index (χ2v) is 5.73. The maximum absolute atomic E-state index is 12.2. The summed E-state index contributed by atoms with van der Waals surface area (Å²) in [7, 11) is 0. The molecule has 0 amide bonds. The third-order valence-corrected chi connectivity index (χ3v) is 4.91. The number of nitrogens with zero attached hydrogens (tertiary/aromatic N) is 1. The molecule has 4 aliphatic rings. The van der Waals surface area contributed by atoms with Gasteiger partial charge in [-0.15, -0.1) is 0 Å². The number of ketones is 1. The summed E-state index contributed by atoms with van der Waals surface area (Å²) in [6.07, 6.45) is 1.66. The molecule has 4 unspecified atom stereocenters. The summed E-state index contributed by atoms with van der Waals surface area (Å²) in [4.78, 5) is 12.2. The van der Waals surface area contributed by atoms with Gasteiger partial charge < -0.3 is 4.74 Å². The van der Waals surface area contributed by atoms with Crippen LogP contribution in [0, 0.1) is 22.7 Å².